The van der Waals surface area contributed by atoms with Crippen molar-refractivity contribution in [2.45, 2.75) is 70.4 Å². The van der Waals surface area contributed by atoms with Gasteiger partial charge in [-0.3, -0.25) is 19.2 Å². The van der Waals surface area contributed by atoms with Crippen LogP contribution in [-0.2, 0) is 27.3 Å². The van der Waals surface area contributed by atoms with Crippen LogP contribution in [0.1, 0.15) is 72.9 Å². The first-order valence-corrected chi connectivity index (χ1v) is 11.5. The number of nitrogens with zero attached hydrogens (tertiary/aromatic N) is 1. The number of rotatable bonds is 7. The highest BCUT2D eigenvalue weighted by Crippen LogP contribution is 2.32. The van der Waals surface area contributed by atoms with Crippen molar-refractivity contribution in [1.82, 2.24) is 10.2 Å². The van der Waals surface area contributed by atoms with E-state index in [0.717, 1.165) is 36.8 Å². The molecule has 7 nitrogen and oxygen atoms in total. The number of primary amides is 1. The van der Waals surface area contributed by atoms with Gasteiger partial charge in [-0.05, 0) is 68.1 Å². The normalized spacial score (nSPS) is 25.4. The minimum Gasteiger partial charge on any atom is -0.369 e. The second-order valence-corrected chi connectivity index (χ2v) is 9.43. The van der Waals surface area contributed by atoms with E-state index in [9.17, 15) is 19.2 Å². The number of benzene rings is 1. The molecule has 0 spiro atoms. The molecule has 1 atom stereocenters. The second-order valence-electron chi connectivity index (χ2n) is 9.43. The van der Waals surface area contributed by atoms with Crippen molar-refractivity contribution in [3.8, 4) is 0 Å². The molecule has 0 aromatic heterocycles. The van der Waals surface area contributed by atoms with Crippen LogP contribution in [0.25, 0.3) is 0 Å². The minimum atomic E-state index is -0.463. The molecular formula is C25H31N3O4. The molecule has 1 saturated heterocycles. The lowest BCUT2D eigenvalue weighted by atomic mass is 9.79. The highest BCUT2D eigenvalue weighted by atomic mass is 16.2. The van der Waals surface area contributed by atoms with E-state index in [2.05, 4.69) is 11.9 Å². The molecule has 1 aromatic rings. The number of ketones is 1. The van der Waals surface area contributed by atoms with Crippen LogP contribution in [0.15, 0.2) is 30.5 Å². The Morgan fingerprint density at radius 2 is 1.88 bits per heavy atom. The number of amides is 3. The quantitative estimate of drug-likeness (QED) is 0.683. The first kappa shape index (κ1) is 22.2. The summed E-state index contributed by atoms with van der Waals surface area (Å²) in [6.07, 6.45) is 6.29. The third-order valence-corrected chi connectivity index (χ3v) is 7.16. The second kappa shape index (κ2) is 9.27. The van der Waals surface area contributed by atoms with E-state index in [-0.39, 0.29) is 29.4 Å². The number of nitrogens with one attached hydrogen (secondary N) is 1. The Hall–Kier alpha value is -2.96. The van der Waals surface area contributed by atoms with Crippen LogP contribution in [0.2, 0.25) is 0 Å². The molecular weight excluding hydrogens is 406 g/mol. The monoisotopic (exact) mass is 437 g/mol. The fourth-order valence-electron chi connectivity index (χ4n) is 5.22. The number of carbonyl (C=O) groups is 4. The molecule has 1 unspecified atom stereocenters. The molecule has 4 rings (SSSR count). The van der Waals surface area contributed by atoms with E-state index in [4.69, 9.17) is 5.73 Å². The van der Waals surface area contributed by atoms with Crippen molar-refractivity contribution in [2.75, 3.05) is 0 Å². The van der Waals surface area contributed by atoms with Gasteiger partial charge in [-0.2, -0.15) is 0 Å². The van der Waals surface area contributed by atoms with Gasteiger partial charge in [0.15, 0.2) is 0 Å². The van der Waals surface area contributed by atoms with E-state index < -0.39 is 6.04 Å². The van der Waals surface area contributed by atoms with E-state index >= 15 is 0 Å². The predicted octanol–water partition coefficient (Wildman–Crippen LogP) is 2.62. The average Bonchev–Trinajstić information content (AvgIpc) is 3.08. The van der Waals surface area contributed by atoms with Gasteiger partial charge >= 0.3 is 0 Å². The summed E-state index contributed by atoms with van der Waals surface area (Å²) in [5, 5.41) is 2.75. The van der Waals surface area contributed by atoms with Gasteiger partial charge in [0.2, 0.25) is 11.8 Å². The van der Waals surface area contributed by atoms with E-state index in [1.165, 1.54) is 0 Å². The Labute approximate surface area is 188 Å². The molecule has 2 fully saturated rings. The number of hydrogen-bond acceptors (Lipinski definition) is 4. The first-order valence-electron chi connectivity index (χ1n) is 11.5. The van der Waals surface area contributed by atoms with Crippen molar-refractivity contribution in [2.24, 2.45) is 17.6 Å². The number of hydrogen-bond donors (Lipinski definition) is 2. The molecule has 0 radical (unpaired) electrons. The summed E-state index contributed by atoms with van der Waals surface area (Å²) < 4.78 is 0. The SMILES string of the molecule is C=C1CCC(N2Cc3cc(CCC(=O)CC4CCC(C(N)=O)CC4)ccc3C2=O)C(=O)N1. The Kier molecular flexibility index (Phi) is 6.44. The smallest absolute Gasteiger partial charge is 0.255 e. The Balaban J connectivity index is 1.30. The lowest BCUT2D eigenvalue weighted by Crippen LogP contribution is -2.49. The van der Waals surface area contributed by atoms with Crippen molar-refractivity contribution in [1.29, 1.82) is 0 Å². The molecule has 3 aliphatic rings. The molecule has 1 saturated carbocycles. The topological polar surface area (TPSA) is 110 Å². The predicted molar refractivity (Wildman–Crippen MR) is 119 cm³/mol. The summed E-state index contributed by atoms with van der Waals surface area (Å²) in [5.41, 5.74) is 8.67. The molecule has 1 aliphatic carbocycles. The molecule has 3 amide bonds. The number of nitrogens with two attached hydrogens (primary N) is 1. The van der Waals surface area contributed by atoms with Gasteiger partial charge in [-0.1, -0.05) is 18.7 Å². The summed E-state index contributed by atoms with van der Waals surface area (Å²) in [4.78, 5) is 50.6. The van der Waals surface area contributed by atoms with Crippen LogP contribution in [0.5, 0.6) is 0 Å². The van der Waals surface area contributed by atoms with Crippen LogP contribution in [0.4, 0.5) is 0 Å². The Bertz CT molecular complexity index is 962. The zero-order valence-corrected chi connectivity index (χ0v) is 18.4. The highest BCUT2D eigenvalue weighted by molar-refractivity contribution is 6.01. The summed E-state index contributed by atoms with van der Waals surface area (Å²) in [6.45, 7) is 4.22. The third kappa shape index (κ3) is 4.76. The van der Waals surface area contributed by atoms with Gasteiger partial charge in [-0.25, -0.2) is 0 Å². The summed E-state index contributed by atoms with van der Waals surface area (Å²) in [5.74, 6) is 0.0540. The van der Waals surface area contributed by atoms with Crippen molar-refractivity contribution < 1.29 is 19.2 Å². The number of allylic oxidation sites excluding steroid dienone is 1. The van der Waals surface area contributed by atoms with Crippen LogP contribution in [-0.4, -0.2) is 34.4 Å². The van der Waals surface area contributed by atoms with Gasteiger partial charge in [0.1, 0.15) is 11.8 Å². The molecule has 170 valence electrons. The number of carbonyl (C=O) groups excluding carboxylic acids is 4. The fraction of sp³-hybridized carbons (Fsp3) is 0.520. The van der Waals surface area contributed by atoms with E-state index in [1.807, 2.05) is 18.2 Å². The average molecular weight is 438 g/mol. The van der Waals surface area contributed by atoms with Crippen LogP contribution in [0, 0.1) is 11.8 Å². The number of piperidine rings is 1. The maximum absolute atomic E-state index is 12.8. The van der Waals surface area contributed by atoms with Gasteiger partial charge in [-0.15, -0.1) is 0 Å². The maximum Gasteiger partial charge on any atom is 0.255 e. The maximum atomic E-state index is 12.8. The number of aryl methyl sites for hydroxylation is 1. The summed E-state index contributed by atoms with van der Waals surface area (Å²) >= 11 is 0. The van der Waals surface area contributed by atoms with E-state index in [0.29, 0.717) is 55.8 Å². The lowest BCUT2D eigenvalue weighted by molar-refractivity contribution is -0.126. The Morgan fingerprint density at radius 3 is 2.56 bits per heavy atom. The first-order chi connectivity index (χ1) is 15.3. The van der Waals surface area contributed by atoms with Gasteiger partial charge in [0, 0.05) is 36.6 Å². The van der Waals surface area contributed by atoms with Crippen molar-refractivity contribution in [3.05, 3.63) is 47.2 Å². The fourth-order valence-corrected chi connectivity index (χ4v) is 5.22. The lowest BCUT2D eigenvalue weighted by Gasteiger charge is -2.30. The Morgan fingerprint density at radius 1 is 1.12 bits per heavy atom. The number of Topliss-reactive ketones (excluding diaryl/α,β-unsaturated/α-hetero) is 1. The highest BCUT2D eigenvalue weighted by Gasteiger charge is 2.38. The molecule has 2 heterocycles. The summed E-state index contributed by atoms with van der Waals surface area (Å²) in [6, 6.07) is 5.27. The molecule has 1 aromatic carbocycles. The summed E-state index contributed by atoms with van der Waals surface area (Å²) in [7, 11) is 0. The zero-order valence-electron chi connectivity index (χ0n) is 18.4. The van der Waals surface area contributed by atoms with Crippen molar-refractivity contribution in [3.63, 3.8) is 0 Å². The molecule has 32 heavy (non-hydrogen) atoms. The molecule has 0 bridgehead atoms. The zero-order chi connectivity index (χ0) is 22.8. The molecule has 2 aliphatic heterocycles. The molecule has 7 heteroatoms. The van der Waals surface area contributed by atoms with Gasteiger partial charge in [0.05, 0.1) is 0 Å². The van der Waals surface area contributed by atoms with Crippen LogP contribution >= 0.6 is 0 Å². The minimum absolute atomic E-state index is 0.0338. The van der Waals surface area contributed by atoms with Gasteiger partial charge < -0.3 is 16.0 Å². The van der Waals surface area contributed by atoms with Gasteiger partial charge in [0.25, 0.3) is 5.91 Å². The van der Waals surface area contributed by atoms with Crippen LogP contribution < -0.4 is 11.1 Å². The van der Waals surface area contributed by atoms with Crippen LogP contribution in [0.3, 0.4) is 0 Å². The molecule has 3 N–H and O–H groups in total. The largest absolute Gasteiger partial charge is 0.369 e. The third-order valence-electron chi connectivity index (χ3n) is 7.16. The van der Waals surface area contributed by atoms with E-state index in [1.54, 1.807) is 4.90 Å². The number of fused-ring (bicyclic) bond motifs is 1. The van der Waals surface area contributed by atoms with Crippen molar-refractivity contribution >= 4 is 23.5 Å². The standard InChI is InChI=1S/C25H31N3O4/c1-15-2-11-22(24(31)27-15)28-14-19-12-16(6-10-21(19)25(28)32)5-9-20(29)13-17-3-7-18(8-4-17)23(26)30/h6,10,12,17-18,22H,1-5,7-9,11,13-14H2,(H2,26,30)(H,27,31).